The molecule has 0 aromatic carbocycles. The molecule has 0 saturated carbocycles. The number of hydrogen-bond donors (Lipinski definition) is 1. The maximum atomic E-state index is 10.5. The van der Waals surface area contributed by atoms with Crippen molar-refractivity contribution >= 4 is 5.97 Å². The van der Waals surface area contributed by atoms with Crippen LogP contribution in [0.4, 0.5) is 0 Å². The molecular weight excluding hydrogens is 156 g/mol. The fourth-order valence-corrected chi connectivity index (χ4v) is 0.931. The molecule has 0 aromatic rings. The molecule has 0 aliphatic carbocycles. The standard InChI is InChI=1S/C6H10O3.C3H6/c1-6(2)3-4(7)5(8)9-6;1-3-2/h4,7H,3H2,1-2H3;3H,1H2,2H3. The van der Waals surface area contributed by atoms with Crippen molar-refractivity contribution in [2.24, 2.45) is 0 Å². The van der Waals surface area contributed by atoms with Crippen LogP contribution < -0.4 is 0 Å². The van der Waals surface area contributed by atoms with Gasteiger partial charge in [-0.1, -0.05) is 6.08 Å². The second kappa shape index (κ2) is 4.26. The first kappa shape index (κ1) is 11.2. The fraction of sp³-hybridized carbons (Fsp3) is 0.667. The minimum atomic E-state index is -0.903. The Bertz CT molecular complexity index is 173. The SMILES string of the molecule is C=CC.CC1(C)CC(O)C(=O)O1. The number of aliphatic hydroxyl groups is 1. The Balaban J connectivity index is 0.000000354. The smallest absolute Gasteiger partial charge is 0.335 e. The summed E-state index contributed by atoms with van der Waals surface area (Å²) in [6, 6.07) is 0. The van der Waals surface area contributed by atoms with Gasteiger partial charge in [0.1, 0.15) is 5.60 Å². The van der Waals surface area contributed by atoms with Crippen LogP contribution in [0.5, 0.6) is 0 Å². The van der Waals surface area contributed by atoms with Gasteiger partial charge in [-0.2, -0.15) is 0 Å². The second-order valence-corrected chi connectivity index (χ2v) is 3.31. The summed E-state index contributed by atoms with van der Waals surface area (Å²) in [6.07, 6.45) is 1.26. The third-order valence-electron chi connectivity index (χ3n) is 1.33. The molecule has 1 aliphatic heterocycles. The van der Waals surface area contributed by atoms with Crippen LogP contribution in [-0.4, -0.2) is 22.8 Å². The number of hydrogen-bond acceptors (Lipinski definition) is 3. The molecule has 0 bridgehead atoms. The van der Waals surface area contributed by atoms with Gasteiger partial charge < -0.3 is 9.84 Å². The van der Waals surface area contributed by atoms with Crippen LogP contribution >= 0.6 is 0 Å². The highest BCUT2D eigenvalue weighted by Crippen LogP contribution is 2.24. The van der Waals surface area contributed by atoms with E-state index in [1.54, 1.807) is 19.9 Å². The average molecular weight is 172 g/mol. The van der Waals surface area contributed by atoms with Crippen LogP contribution in [0.3, 0.4) is 0 Å². The van der Waals surface area contributed by atoms with Gasteiger partial charge in [0.25, 0.3) is 0 Å². The minimum absolute atomic E-state index is 0.409. The van der Waals surface area contributed by atoms with Crippen LogP contribution in [-0.2, 0) is 9.53 Å². The monoisotopic (exact) mass is 172 g/mol. The number of allylic oxidation sites excluding steroid dienone is 1. The lowest BCUT2D eigenvalue weighted by Crippen LogP contribution is -2.17. The van der Waals surface area contributed by atoms with E-state index in [2.05, 4.69) is 6.58 Å². The Morgan fingerprint density at radius 3 is 2.25 bits per heavy atom. The zero-order valence-electron chi connectivity index (χ0n) is 7.83. The molecule has 1 heterocycles. The number of rotatable bonds is 0. The van der Waals surface area contributed by atoms with Gasteiger partial charge in [0.15, 0.2) is 6.10 Å². The van der Waals surface area contributed by atoms with Crippen molar-refractivity contribution in [3.63, 3.8) is 0 Å². The molecule has 0 amide bonds. The van der Waals surface area contributed by atoms with Gasteiger partial charge in [0.2, 0.25) is 0 Å². The second-order valence-electron chi connectivity index (χ2n) is 3.31. The number of aliphatic hydroxyl groups excluding tert-OH is 1. The normalized spacial score (nSPS) is 25.3. The zero-order valence-corrected chi connectivity index (χ0v) is 7.83. The van der Waals surface area contributed by atoms with Crippen LogP contribution in [0, 0.1) is 0 Å². The largest absolute Gasteiger partial charge is 0.458 e. The van der Waals surface area contributed by atoms with E-state index in [1.807, 2.05) is 6.92 Å². The highest BCUT2D eigenvalue weighted by molar-refractivity contribution is 5.77. The van der Waals surface area contributed by atoms with Crippen molar-refractivity contribution < 1.29 is 14.6 Å². The van der Waals surface area contributed by atoms with Crippen LogP contribution in [0.15, 0.2) is 12.7 Å². The van der Waals surface area contributed by atoms with Crippen LogP contribution in [0.1, 0.15) is 27.2 Å². The Morgan fingerprint density at radius 2 is 2.17 bits per heavy atom. The van der Waals surface area contributed by atoms with Crippen molar-refractivity contribution in [1.29, 1.82) is 0 Å². The van der Waals surface area contributed by atoms with Gasteiger partial charge in [-0.3, -0.25) is 0 Å². The zero-order chi connectivity index (χ0) is 9.78. The Labute approximate surface area is 73.0 Å². The Morgan fingerprint density at radius 1 is 1.75 bits per heavy atom. The molecule has 1 unspecified atom stereocenters. The molecule has 12 heavy (non-hydrogen) atoms. The summed E-state index contributed by atoms with van der Waals surface area (Å²) in [6.45, 7) is 8.81. The van der Waals surface area contributed by atoms with E-state index in [1.165, 1.54) is 0 Å². The number of esters is 1. The molecule has 0 spiro atoms. The first-order chi connectivity index (χ1) is 5.43. The fourth-order valence-electron chi connectivity index (χ4n) is 0.931. The van der Waals surface area contributed by atoms with E-state index >= 15 is 0 Å². The van der Waals surface area contributed by atoms with Crippen LogP contribution in [0.2, 0.25) is 0 Å². The molecule has 1 atom stereocenters. The highest BCUT2D eigenvalue weighted by atomic mass is 16.6. The summed E-state index contributed by atoms with van der Waals surface area (Å²) in [7, 11) is 0. The number of ether oxygens (including phenoxy) is 1. The molecule has 1 N–H and O–H groups in total. The predicted molar refractivity (Wildman–Crippen MR) is 46.7 cm³/mol. The maximum Gasteiger partial charge on any atom is 0.335 e. The van der Waals surface area contributed by atoms with Crippen molar-refractivity contribution in [2.75, 3.05) is 0 Å². The van der Waals surface area contributed by atoms with E-state index in [4.69, 9.17) is 9.84 Å². The van der Waals surface area contributed by atoms with E-state index in [0.717, 1.165) is 0 Å². The molecule has 3 nitrogen and oxygen atoms in total. The predicted octanol–water partition coefficient (Wildman–Crippen LogP) is 1.27. The van der Waals surface area contributed by atoms with Crippen LogP contribution in [0.25, 0.3) is 0 Å². The molecule has 70 valence electrons. The molecule has 3 heteroatoms. The minimum Gasteiger partial charge on any atom is -0.458 e. The quantitative estimate of drug-likeness (QED) is 0.442. The summed E-state index contributed by atoms with van der Waals surface area (Å²) in [5.41, 5.74) is -0.462. The third-order valence-corrected chi connectivity index (χ3v) is 1.33. The molecule has 1 rings (SSSR count). The van der Waals surface area contributed by atoms with Gasteiger partial charge in [-0.25, -0.2) is 4.79 Å². The van der Waals surface area contributed by atoms with Gasteiger partial charge in [-0.15, -0.1) is 6.58 Å². The highest BCUT2D eigenvalue weighted by Gasteiger charge is 2.38. The molecule has 0 radical (unpaired) electrons. The number of carbonyl (C=O) groups excluding carboxylic acids is 1. The van der Waals surface area contributed by atoms with Crippen molar-refractivity contribution in [3.8, 4) is 0 Å². The van der Waals surface area contributed by atoms with Crippen molar-refractivity contribution in [2.45, 2.75) is 38.9 Å². The average Bonchev–Trinajstić information content (AvgIpc) is 2.06. The summed E-state index contributed by atoms with van der Waals surface area (Å²) in [4.78, 5) is 10.5. The lowest BCUT2D eigenvalue weighted by Gasteiger charge is -2.13. The van der Waals surface area contributed by atoms with Crippen molar-refractivity contribution in [3.05, 3.63) is 12.7 Å². The lowest BCUT2D eigenvalue weighted by molar-refractivity contribution is -0.151. The van der Waals surface area contributed by atoms with Gasteiger partial charge in [0, 0.05) is 6.42 Å². The number of cyclic esters (lactones) is 1. The summed E-state index contributed by atoms with van der Waals surface area (Å²) < 4.78 is 4.77. The lowest BCUT2D eigenvalue weighted by atomic mass is 10.1. The summed E-state index contributed by atoms with van der Waals surface area (Å²) in [5.74, 6) is -0.500. The summed E-state index contributed by atoms with van der Waals surface area (Å²) in [5, 5.41) is 8.86. The molecule has 1 saturated heterocycles. The number of carbonyl (C=O) groups is 1. The molecule has 1 aliphatic rings. The molecular formula is C9H16O3. The molecule has 1 fully saturated rings. The first-order valence-corrected chi connectivity index (χ1v) is 3.91. The van der Waals surface area contributed by atoms with Gasteiger partial charge in [-0.05, 0) is 20.8 Å². The van der Waals surface area contributed by atoms with Gasteiger partial charge in [0.05, 0.1) is 0 Å². The molecule has 0 aromatic heterocycles. The maximum absolute atomic E-state index is 10.5. The van der Waals surface area contributed by atoms with Gasteiger partial charge >= 0.3 is 5.97 Å². The first-order valence-electron chi connectivity index (χ1n) is 3.91. The van der Waals surface area contributed by atoms with E-state index in [9.17, 15) is 4.79 Å². The Hall–Kier alpha value is -0.830. The van der Waals surface area contributed by atoms with E-state index in [-0.39, 0.29) is 0 Å². The summed E-state index contributed by atoms with van der Waals surface area (Å²) >= 11 is 0. The third kappa shape index (κ3) is 3.53. The van der Waals surface area contributed by atoms with E-state index < -0.39 is 17.7 Å². The van der Waals surface area contributed by atoms with E-state index in [0.29, 0.717) is 6.42 Å². The topological polar surface area (TPSA) is 46.5 Å². The Kier molecular flexibility index (Phi) is 3.96. The van der Waals surface area contributed by atoms with Crippen molar-refractivity contribution in [1.82, 2.24) is 0 Å².